The maximum absolute atomic E-state index is 12.6. The molecule has 0 atom stereocenters. The molecule has 10 heteroatoms. The van der Waals surface area contributed by atoms with E-state index < -0.39 is 6.36 Å². The number of ether oxygens (including phenoxy) is 1. The minimum Gasteiger partial charge on any atom is -0.406 e. The van der Waals surface area contributed by atoms with Crippen molar-refractivity contribution in [1.82, 2.24) is 15.3 Å². The van der Waals surface area contributed by atoms with Crippen molar-refractivity contribution in [1.29, 1.82) is 0 Å². The Kier molecular flexibility index (Phi) is 7.28. The number of fused-ring (bicyclic) bond motifs is 1. The zero-order valence-corrected chi connectivity index (χ0v) is 19.6. The van der Waals surface area contributed by atoms with Crippen LogP contribution in [0.15, 0.2) is 48.5 Å². The van der Waals surface area contributed by atoms with Crippen molar-refractivity contribution < 1.29 is 22.7 Å². The van der Waals surface area contributed by atoms with Gasteiger partial charge in [-0.3, -0.25) is 4.79 Å². The molecule has 0 bridgehead atoms. The summed E-state index contributed by atoms with van der Waals surface area (Å²) in [6.45, 7) is 0.143. The average molecular weight is 488 g/mol. The first-order valence-electron chi connectivity index (χ1n) is 11.5. The quantitative estimate of drug-likeness (QED) is 0.495. The second kappa shape index (κ2) is 10.4. The van der Waals surface area contributed by atoms with Gasteiger partial charge in [-0.05, 0) is 55.5 Å². The summed E-state index contributed by atoms with van der Waals surface area (Å²) < 4.78 is 41.2. The number of carbonyl (C=O) groups excluding carboxylic acids is 1. The average Bonchev–Trinajstić information content (AvgIpc) is 2.81. The Balaban J connectivity index is 1.30. The van der Waals surface area contributed by atoms with Crippen LogP contribution < -0.4 is 20.3 Å². The van der Waals surface area contributed by atoms with Gasteiger partial charge in [-0.2, -0.15) is 4.98 Å². The van der Waals surface area contributed by atoms with Crippen LogP contribution in [0.25, 0.3) is 10.9 Å². The van der Waals surface area contributed by atoms with Gasteiger partial charge in [0.1, 0.15) is 11.6 Å². The third-order valence-electron chi connectivity index (χ3n) is 6.04. The van der Waals surface area contributed by atoms with E-state index in [-0.39, 0.29) is 30.2 Å². The smallest absolute Gasteiger partial charge is 0.406 e. The van der Waals surface area contributed by atoms with E-state index in [4.69, 9.17) is 0 Å². The second-order valence-corrected chi connectivity index (χ2v) is 8.89. The summed E-state index contributed by atoms with van der Waals surface area (Å²) >= 11 is 0. The molecule has 1 saturated carbocycles. The van der Waals surface area contributed by atoms with E-state index >= 15 is 0 Å². The monoisotopic (exact) mass is 487 g/mol. The molecule has 186 valence electrons. The topological polar surface area (TPSA) is 79.4 Å². The van der Waals surface area contributed by atoms with Crippen molar-refractivity contribution in [2.75, 3.05) is 24.3 Å². The lowest BCUT2D eigenvalue weighted by Crippen LogP contribution is -2.36. The standard InChI is InChI=1S/C25H28F3N5O2/c1-33(2)22-20-8-3-4-9-21(20)31-24(32-22)30-18-12-10-17(11-13-18)23(34)29-15-16-6-5-7-19(14-16)35-25(26,27)28/h3-9,14,17-18H,10-13,15H2,1-2H3,(H,29,34)(H,30,31,32)/t17-,18+. The molecule has 0 spiro atoms. The fourth-order valence-corrected chi connectivity index (χ4v) is 4.33. The highest BCUT2D eigenvalue weighted by Gasteiger charge is 2.31. The van der Waals surface area contributed by atoms with E-state index in [1.807, 2.05) is 43.3 Å². The lowest BCUT2D eigenvalue weighted by molar-refractivity contribution is -0.274. The van der Waals surface area contributed by atoms with Crippen molar-refractivity contribution >= 4 is 28.6 Å². The predicted molar refractivity (Wildman–Crippen MR) is 128 cm³/mol. The summed E-state index contributed by atoms with van der Waals surface area (Å²) in [5, 5.41) is 7.25. The number of benzene rings is 2. The molecular formula is C25H28F3N5O2. The van der Waals surface area contributed by atoms with Crippen LogP contribution >= 0.6 is 0 Å². The zero-order chi connectivity index (χ0) is 25.0. The van der Waals surface area contributed by atoms with Gasteiger partial charge in [0.15, 0.2) is 0 Å². The molecule has 7 nitrogen and oxygen atoms in total. The largest absolute Gasteiger partial charge is 0.573 e. The molecule has 4 rings (SSSR count). The van der Waals surface area contributed by atoms with E-state index in [1.165, 1.54) is 18.2 Å². The summed E-state index contributed by atoms with van der Waals surface area (Å²) in [6.07, 6.45) is -1.76. The van der Waals surface area contributed by atoms with Crippen LogP contribution in [-0.4, -0.2) is 42.4 Å². The van der Waals surface area contributed by atoms with Crippen LogP contribution in [0.1, 0.15) is 31.2 Å². The molecule has 1 fully saturated rings. The highest BCUT2D eigenvalue weighted by atomic mass is 19.4. The highest BCUT2D eigenvalue weighted by Crippen LogP contribution is 2.29. The number of amides is 1. The van der Waals surface area contributed by atoms with E-state index in [1.54, 1.807) is 6.07 Å². The van der Waals surface area contributed by atoms with Crippen molar-refractivity contribution in [3.63, 3.8) is 0 Å². The number of anilines is 2. The van der Waals surface area contributed by atoms with Gasteiger partial charge in [-0.15, -0.1) is 13.2 Å². The third kappa shape index (κ3) is 6.52. The Bertz CT molecular complexity index is 1180. The van der Waals surface area contributed by atoms with Gasteiger partial charge < -0.3 is 20.3 Å². The van der Waals surface area contributed by atoms with Gasteiger partial charge >= 0.3 is 6.36 Å². The van der Waals surface area contributed by atoms with Crippen LogP contribution in [-0.2, 0) is 11.3 Å². The summed E-state index contributed by atoms with van der Waals surface area (Å²) in [5.41, 5.74) is 1.41. The number of hydrogen-bond acceptors (Lipinski definition) is 6. The fourth-order valence-electron chi connectivity index (χ4n) is 4.33. The fraction of sp³-hybridized carbons (Fsp3) is 0.400. The van der Waals surface area contributed by atoms with Crippen LogP contribution in [0.3, 0.4) is 0 Å². The third-order valence-corrected chi connectivity index (χ3v) is 6.04. The van der Waals surface area contributed by atoms with Gasteiger partial charge in [0, 0.05) is 38.0 Å². The Morgan fingerprint density at radius 2 is 1.80 bits per heavy atom. The summed E-state index contributed by atoms with van der Waals surface area (Å²) in [6, 6.07) is 13.7. The minimum atomic E-state index is -4.75. The number of halogens is 3. The summed E-state index contributed by atoms with van der Waals surface area (Å²) in [7, 11) is 3.89. The lowest BCUT2D eigenvalue weighted by atomic mass is 9.85. The number of rotatable bonds is 7. The number of carbonyl (C=O) groups is 1. The zero-order valence-electron chi connectivity index (χ0n) is 19.6. The molecule has 1 aliphatic carbocycles. The number of nitrogens with zero attached hydrogens (tertiary/aromatic N) is 3. The summed E-state index contributed by atoms with van der Waals surface area (Å²) in [5.74, 6) is 0.876. The molecule has 1 heterocycles. The first-order chi connectivity index (χ1) is 16.7. The maximum atomic E-state index is 12.6. The van der Waals surface area contributed by atoms with Crippen LogP contribution in [0, 0.1) is 5.92 Å². The van der Waals surface area contributed by atoms with Gasteiger partial charge in [-0.1, -0.05) is 24.3 Å². The lowest BCUT2D eigenvalue weighted by Gasteiger charge is -2.28. The van der Waals surface area contributed by atoms with E-state index in [0.717, 1.165) is 29.6 Å². The number of aromatic nitrogens is 2. The number of para-hydroxylation sites is 1. The Morgan fingerprint density at radius 3 is 2.51 bits per heavy atom. The van der Waals surface area contributed by atoms with Crippen LogP contribution in [0.4, 0.5) is 24.9 Å². The van der Waals surface area contributed by atoms with Crippen LogP contribution in [0.5, 0.6) is 5.75 Å². The molecule has 0 unspecified atom stereocenters. The van der Waals surface area contributed by atoms with Crippen LogP contribution in [0.2, 0.25) is 0 Å². The van der Waals surface area contributed by atoms with Crippen molar-refractivity contribution in [2.24, 2.45) is 5.92 Å². The second-order valence-electron chi connectivity index (χ2n) is 8.89. The number of hydrogen-bond donors (Lipinski definition) is 2. The van der Waals surface area contributed by atoms with E-state index in [9.17, 15) is 18.0 Å². The Hall–Kier alpha value is -3.56. The molecule has 2 aromatic carbocycles. The maximum Gasteiger partial charge on any atom is 0.573 e. The van der Waals surface area contributed by atoms with Crippen molar-refractivity contribution in [2.45, 2.75) is 44.6 Å². The number of alkyl halides is 3. The van der Waals surface area contributed by atoms with E-state index in [0.29, 0.717) is 24.4 Å². The van der Waals surface area contributed by atoms with Gasteiger partial charge in [0.25, 0.3) is 0 Å². The first-order valence-corrected chi connectivity index (χ1v) is 11.5. The van der Waals surface area contributed by atoms with Gasteiger partial charge in [0.05, 0.1) is 5.52 Å². The predicted octanol–water partition coefficient (Wildman–Crippen LogP) is 4.88. The number of nitrogens with one attached hydrogen (secondary N) is 2. The molecule has 35 heavy (non-hydrogen) atoms. The van der Waals surface area contributed by atoms with Crippen molar-refractivity contribution in [3.05, 3.63) is 54.1 Å². The van der Waals surface area contributed by atoms with Crippen molar-refractivity contribution in [3.8, 4) is 5.75 Å². The molecule has 0 saturated heterocycles. The SMILES string of the molecule is CN(C)c1nc(N[C@H]2CC[C@@H](C(=O)NCc3cccc(OC(F)(F)F)c3)CC2)nc2ccccc12. The molecule has 1 aliphatic rings. The molecule has 0 radical (unpaired) electrons. The molecule has 1 amide bonds. The molecule has 0 aliphatic heterocycles. The molecular weight excluding hydrogens is 459 g/mol. The highest BCUT2D eigenvalue weighted by molar-refractivity contribution is 5.90. The first kappa shape index (κ1) is 24.6. The van der Waals surface area contributed by atoms with Gasteiger partial charge in [0.2, 0.25) is 11.9 Å². The Labute approximate surface area is 201 Å². The summed E-state index contributed by atoms with van der Waals surface area (Å²) in [4.78, 5) is 23.9. The van der Waals surface area contributed by atoms with E-state index in [2.05, 4.69) is 25.3 Å². The Morgan fingerprint density at radius 1 is 1.06 bits per heavy atom. The molecule has 2 N–H and O–H groups in total. The van der Waals surface area contributed by atoms with Gasteiger partial charge in [-0.25, -0.2) is 4.98 Å². The minimum absolute atomic E-state index is 0.0950. The molecule has 3 aromatic rings. The molecule has 1 aromatic heterocycles. The normalized spacial score (nSPS) is 18.2.